The molecule has 2 aromatic rings. The molecule has 2 aliphatic rings. The monoisotopic (exact) mass is 407 g/mol. The number of carbonyl (C=O) groups is 3. The summed E-state index contributed by atoms with van der Waals surface area (Å²) >= 11 is 0. The summed E-state index contributed by atoms with van der Waals surface area (Å²) in [6, 6.07) is 7.72. The summed E-state index contributed by atoms with van der Waals surface area (Å²) in [6.07, 6.45) is 4.07. The zero-order valence-electron chi connectivity index (χ0n) is 17.2. The van der Waals surface area contributed by atoms with Crippen LogP contribution in [0.1, 0.15) is 41.0 Å². The van der Waals surface area contributed by atoms with E-state index in [9.17, 15) is 14.4 Å². The molecule has 0 bridgehead atoms. The number of hydrogen-bond donors (Lipinski definition) is 0. The van der Waals surface area contributed by atoms with Crippen molar-refractivity contribution < 1.29 is 14.4 Å². The third-order valence-electron chi connectivity index (χ3n) is 5.97. The zero-order chi connectivity index (χ0) is 21.3. The lowest BCUT2D eigenvalue weighted by atomic mass is 9.95. The first-order valence-electron chi connectivity index (χ1n) is 10.3. The van der Waals surface area contributed by atoms with Gasteiger partial charge in [-0.05, 0) is 24.1 Å². The van der Waals surface area contributed by atoms with Crippen LogP contribution in [0.15, 0.2) is 42.7 Å². The first-order valence-corrected chi connectivity index (χ1v) is 10.3. The summed E-state index contributed by atoms with van der Waals surface area (Å²) in [6.45, 7) is 6.07. The molecule has 3 amide bonds. The Kier molecular flexibility index (Phi) is 5.48. The van der Waals surface area contributed by atoms with Gasteiger partial charge in [-0.1, -0.05) is 32.4 Å². The highest BCUT2D eigenvalue weighted by molar-refractivity contribution is 6.22. The van der Waals surface area contributed by atoms with Crippen LogP contribution in [-0.4, -0.2) is 69.7 Å². The molecule has 8 nitrogen and oxygen atoms in total. The lowest BCUT2D eigenvalue weighted by Gasteiger charge is -2.39. The van der Waals surface area contributed by atoms with Crippen LogP contribution in [-0.2, 0) is 4.79 Å². The molecule has 30 heavy (non-hydrogen) atoms. The Labute approximate surface area is 175 Å². The summed E-state index contributed by atoms with van der Waals surface area (Å²) in [5.74, 6) is -0.442. The molecule has 8 heteroatoms. The van der Waals surface area contributed by atoms with Crippen LogP contribution in [0.2, 0.25) is 0 Å². The quantitative estimate of drug-likeness (QED) is 0.703. The van der Waals surface area contributed by atoms with Crippen molar-refractivity contribution >= 4 is 23.7 Å². The van der Waals surface area contributed by atoms with E-state index in [0.717, 1.165) is 0 Å². The number of anilines is 1. The summed E-state index contributed by atoms with van der Waals surface area (Å²) in [4.78, 5) is 53.0. The van der Waals surface area contributed by atoms with Gasteiger partial charge in [0.1, 0.15) is 6.04 Å². The minimum absolute atomic E-state index is 0.143. The molecule has 0 spiro atoms. The van der Waals surface area contributed by atoms with Crippen LogP contribution in [0.25, 0.3) is 0 Å². The van der Waals surface area contributed by atoms with Crippen LogP contribution in [0, 0.1) is 5.92 Å². The third kappa shape index (κ3) is 3.42. The molecule has 1 fully saturated rings. The number of rotatable bonds is 5. The molecule has 2 unspecified atom stereocenters. The minimum atomic E-state index is -0.804. The van der Waals surface area contributed by atoms with E-state index in [1.807, 2.05) is 18.7 Å². The molecule has 1 aromatic carbocycles. The second-order valence-electron chi connectivity index (χ2n) is 7.72. The number of nitrogens with zero attached hydrogens (tertiary/aromatic N) is 5. The number of hydrogen-bond acceptors (Lipinski definition) is 6. The maximum absolute atomic E-state index is 13.5. The number of fused-ring (bicyclic) bond motifs is 1. The van der Waals surface area contributed by atoms with Crippen molar-refractivity contribution in [3.63, 3.8) is 0 Å². The molecule has 1 aromatic heterocycles. The normalized spacial score (nSPS) is 18.4. The number of carbonyl (C=O) groups excluding carboxylic acids is 3. The lowest BCUT2D eigenvalue weighted by Crippen LogP contribution is -2.58. The predicted molar refractivity (Wildman–Crippen MR) is 111 cm³/mol. The largest absolute Gasteiger partial charge is 0.337 e. The van der Waals surface area contributed by atoms with Crippen LogP contribution < -0.4 is 4.90 Å². The van der Waals surface area contributed by atoms with Crippen molar-refractivity contribution in [2.45, 2.75) is 26.3 Å². The van der Waals surface area contributed by atoms with Gasteiger partial charge >= 0.3 is 0 Å². The fourth-order valence-electron chi connectivity index (χ4n) is 4.06. The molecule has 1 saturated heterocycles. The number of aromatic nitrogens is 2. The fraction of sp³-hybridized carbons (Fsp3) is 0.409. The maximum Gasteiger partial charge on any atom is 0.262 e. The van der Waals surface area contributed by atoms with Gasteiger partial charge in [0.25, 0.3) is 11.8 Å². The highest BCUT2D eigenvalue weighted by Crippen LogP contribution is 2.29. The van der Waals surface area contributed by atoms with Gasteiger partial charge in [0.2, 0.25) is 11.9 Å². The molecule has 4 rings (SSSR count). The number of benzene rings is 1. The van der Waals surface area contributed by atoms with Crippen LogP contribution >= 0.6 is 0 Å². The molecule has 2 aliphatic heterocycles. The van der Waals surface area contributed by atoms with Gasteiger partial charge in [0.05, 0.1) is 11.1 Å². The second-order valence-corrected chi connectivity index (χ2v) is 7.72. The average molecular weight is 407 g/mol. The van der Waals surface area contributed by atoms with Crippen LogP contribution in [0.3, 0.4) is 0 Å². The fourth-order valence-corrected chi connectivity index (χ4v) is 4.06. The topological polar surface area (TPSA) is 86.7 Å². The zero-order valence-corrected chi connectivity index (χ0v) is 17.2. The first kappa shape index (κ1) is 20.0. The van der Waals surface area contributed by atoms with Crippen molar-refractivity contribution in [3.8, 4) is 0 Å². The number of amides is 3. The smallest absolute Gasteiger partial charge is 0.262 e. The van der Waals surface area contributed by atoms with E-state index in [4.69, 9.17) is 0 Å². The highest BCUT2D eigenvalue weighted by Gasteiger charge is 2.45. The Morgan fingerprint density at radius 2 is 1.53 bits per heavy atom. The molecule has 0 N–H and O–H groups in total. The SMILES string of the molecule is CCC(C)C(C(=O)N1CCN(c2ncccn2)CC1)N1C(=O)c2ccccc2C1=O. The van der Waals surface area contributed by atoms with Gasteiger partial charge < -0.3 is 9.80 Å². The Bertz CT molecular complexity index is 921. The standard InChI is InChI=1S/C22H25N5O3/c1-3-15(2)18(27-19(28)16-7-4-5-8-17(16)20(27)29)21(30)25-11-13-26(14-12-25)22-23-9-6-10-24-22/h4-10,15,18H,3,11-14H2,1-2H3. The third-order valence-corrected chi connectivity index (χ3v) is 5.97. The van der Waals surface area contributed by atoms with Gasteiger partial charge in [-0.15, -0.1) is 0 Å². The molecule has 3 heterocycles. The summed E-state index contributed by atoms with van der Waals surface area (Å²) in [5.41, 5.74) is 0.740. The molecule has 0 aliphatic carbocycles. The van der Waals surface area contributed by atoms with E-state index in [-0.39, 0.29) is 23.6 Å². The molecule has 0 radical (unpaired) electrons. The van der Waals surface area contributed by atoms with Crippen LogP contribution in [0.5, 0.6) is 0 Å². The molecular formula is C22H25N5O3. The lowest BCUT2D eigenvalue weighted by molar-refractivity contribution is -0.137. The van der Waals surface area contributed by atoms with Crippen molar-refractivity contribution in [1.29, 1.82) is 0 Å². The van der Waals surface area contributed by atoms with E-state index in [1.165, 1.54) is 4.90 Å². The van der Waals surface area contributed by atoms with E-state index in [0.29, 0.717) is 49.7 Å². The van der Waals surface area contributed by atoms with Gasteiger partial charge in [-0.3, -0.25) is 19.3 Å². The summed E-state index contributed by atoms with van der Waals surface area (Å²) < 4.78 is 0. The Hall–Kier alpha value is -3.29. The van der Waals surface area contributed by atoms with Gasteiger partial charge in [0.15, 0.2) is 0 Å². The highest BCUT2D eigenvalue weighted by atomic mass is 16.2. The van der Waals surface area contributed by atoms with Crippen LogP contribution in [0.4, 0.5) is 5.95 Å². The van der Waals surface area contributed by atoms with Gasteiger partial charge in [0, 0.05) is 38.6 Å². The van der Waals surface area contributed by atoms with Gasteiger partial charge in [-0.25, -0.2) is 9.97 Å². The predicted octanol–water partition coefficient (Wildman–Crippen LogP) is 1.84. The first-order chi connectivity index (χ1) is 14.5. The number of imide groups is 1. The van der Waals surface area contributed by atoms with E-state index >= 15 is 0 Å². The Morgan fingerprint density at radius 1 is 0.967 bits per heavy atom. The number of piperazine rings is 1. The molecule has 0 saturated carbocycles. The molecule has 156 valence electrons. The summed E-state index contributed by atoms with van der Waals surface area (Å²) in [5, 5.41) is 0. The van der Waals surface area contributed by atoms with Crippen molar-refractivity contribution in [3.05, 3.63) is 53.9 Å². The maximum atomic E-state index is 13.5. The van der Waals surface area contributed by atoms with Gasteiger partial charge in [-0.2, -0.15) is 0 Å². The van der Waals surface area contributed by atoms with Crippen molar-refractivity contribution in [1.82, 2.24) is 19.8 Å². The van der Waals surface area contributed by atoms with Crippen molar-refractivity contribution in [2.75, 3.05) is 31.1 Å². The minimum Gasteiger partial charge on any atom is -0.337 e. The second kappa shape index (κ2) is 8.22. The van der Waals surface area contributed by atoms with Crippen molar-refractivity contribution in [2.24, 2.45) is 5.92 Å². The average Bonchev–Trinajstić information content (AvgIpc) is 3.05. The van der Waals surface area contributed by atoms with E-state index in [2.05, 4.69) is 9.97 Å². The van der Waals surface area contributed by atoms with E-state index < -0.39 is 6.04 Å². The Morgan fingerprint density at radius 3 is 2.07 bits per heavy atom. The van der Waals surface area contributed by atoms with E-state index in [1.54, 1.807) is 47.6 Å². The molecule has 2 atom stereocenters. The Balaban J connectivity index is 1.53. The summed E-state index contributed by atoms with van der Waals surface area (Å²) in [7, 11) is 0. The molecular weight excluding hydrogens is 382 g/mol.